The van der Waals surface area contributed by atoms with Crippen molar-refractivity contribution in [2.24, 2.45) is 0 Å². The molecule has 10 heteroatoms. The first-order valence-electron chi connectivity index (χ1n) is 11.1. The van der Waals surface area contributed by atoms with Crippen LogP contribution < -0.4 is 19.7 Å². The number of nitrogens with one attached hydrogen (secondary N) is 1. The summed E-state index contributed by atoms with van der Waals surface area (Å²) in [6, 6.07) is 15.9. The Hall–Kier alpha value is -2.58. The number of benzene rings is 3. The Bertz CT molecular complexity index is 1290. The smallest absolute Gasteiger partial charge is 0.262 e. The number of hydrogen-bond donors (Lipinski definition) is 1. The van der Waals surface area contributed by atoms with Crippen molar-refractivity contribution in [2.75, 3.05) is 29.2 Å². The lowest BCUT2D eigenvalue weighted by atomic mass is 10.1. The molecular formula is C26H23Cl3N2O4S. The van der Waals surface area contributed by atoms with E-state index in [0.717, 1.165) is 16.8 Å². The van der Waals surface area contributed by atoms with Crippen molar-refractivity contribution in [1.29, 1.82) is 0 Å². The van der Waals surface area contributed by atoms with E-state index < -0.39 is 0 Å². The summed E-state index contributed by atoms with van der Waals surface area (Å²) in [6.07, 6.45) is 0. The molecule has 1 fully saturated rings. The second-order valence-corrected chi connectivity index (χ2v) is 10.3. The molecule has 0 aromatic heterocycles. The van der Waals surface area contributed by atoms with Crippen molar-refractivity contribution in [3.63, 3.8) is 0 Å². The van der Waals surface area contributed by atoms with Gasteiger partial charge < -0.3 is 14.8 Å². The Balaban J connectivity index is 1.54. The molecule has 0 unspecified atom stereocenters. The number of carbonyl (C=O) groups excluding carboxylic acids is 2. The summed E-state index contributed by atoms with van der Waals surface area (Å²) in [5.41, 5.74) is 2.99. The maximum absolute atomic E-state index is 12.7. The highest BCUT2D eigenvalue weighted by Crippen LogP contribution is 2.46. The topological polar surface area (TPSA) is 67.9 Å². The predicted molar refractivity (Wildman–Crippen MR) is 147 cm³/mol. The standard InChI is InChI=1S/C26H23Cl3N2O4S/c1-3-34-22-11-16(26-31(24(33)14-36-26)19-8-5-17(27)6-9-19)10-21(29)25(22)35-13-23(32)30-18-7-4-15(2)20(28)12-18/h4-12,26H,3,13-14H2,1-2H3,(H,30,32)/t26-/m1/s1. The zero-order chi connectivity index (χ0) is 25.8. The maximum atomic E-state index is 12.7. The number of amides is 2. The molecule has 1 saturated heterocycles. The van der Waals surface area contributed by atoms with Crippen molar-refractivity contribution in [3.05, 3.63) is 80.8 Å². The monoisotopic (exact) mass is 564 g/mol. The number of nitrogens with zero attached hydrogens (tertiary/aromatic N) is 1. The number of hydrogen-bond acceptors (Lipinski definition) is 5. The number of ether oxygens (including phenoxy) is 2. The van der Waals surface area contributed by atoms with Crippen LogP contribution in [0.5, 0.6) is 11.5 Å². The zero-order valence-electron chi connectivity index (χ0n) is 19.5. The summed E-state index contributed by atoms with van der Waals surface area (Å²) in [5, 5.41) is 3.87. The van der Waals surface area contributed by atoms with Crippen LogP contribution in [0.3, 0.4) is 0 Å². The van der Waals surface area contributed by atoms with Gasteiger partial charge in [-0.3, -0.25) is 14.5 Å². The number of rotatable bonds is 8. The molecule has 0 saturated carbocycles. The Morgan fingerprint density at radius 3 is 2.50 bits per heavy atom. The van der Waals surface area contributed by atoms with Gasteiger partial charge in [0.15, 0.2) is 18.1 Å². The Morgan fingerprint density at radius 2 is 1.81 bits per heavy atom. The molecule has 4 rings (SSSR count). The second kappa shape index (κ2) is 11.6. The van der Waals surface area contributed by atoms with Gasteiger partial charge in [-0.05, 0) is 73.5 Å². The van der Waals surface area contributed by atoms with Crippen molar-refractivity contribution in [3.8, 4) is 11.5 Å². The Kier molecular flexibility index (Phi) is 8.57. The number of thioether (sulfide) groups is 1. The van der Waals surface area contributed by atoms with E-state index >= 15 is 0 Å². The predicted octanol–water partition coefficient (Wildman–Crippen LogP) is 7.15. The Labute approximate surface area is 228 Å². The highest BCUT2D eigenvalue weighted by Gasteiger charge is 2.35. The van der Waals surface area contributed by atoms with Crippen molar-refractivity contribution < 1.29 is 19.1 Å². The minimum Gasteiger partial charge on any atom is -0.490 e. The van der Waals surface area contributed by atoms with E-state index in [1.807, 2.05) is 32.0 Å². The summed E-state index contributed by atoms with van der Waals surface area (Å²) in [5.74, 6) is 0.586. The van der Waals surface area contributed by atoms with Crippen LogP contribution in [0, 0.1) is 6.92 Å². The van der Waals surface area contributed by atoms with Crippen molar-refractivity contribution >= 4 is 69.8 Å². The molecule has 0 radical (unpaired) electrons. The average molecular weight is 566 g/mol. The zero-order valence-corrected chi connectivity index (χ0v) is 22.6. The van der Waals surface area contributed by atoms with Crippen LogP contribution in [0.4, 0.5) is 11.4 Å². The first kappa shape index (κ1) is 26.5. The van der Waals surface area contributed by atoms with Gasteiger partial charge in [0.05, 0.1) is 17.4 Å². The Morgan fingerprint density at radius 1 is 1.06 bits per heavy atom. The molecule has 0 spiro atoms. The van der Waals surface area contributed by atoms with Gasteiger partial charge in [-0.25, -0.2) is 0 Å². The third-order valence-electron chi connectivity index (χ3n) is 5.39. The molecule has 0 aliphatic carbocycles. The first-order chi connectivity index (χ1) is 17.3. The minimum atomic E-state index is -0.372. The fourth-order valence-corrected chi connectivity index (χ4v) is 5.43. The molecule has 1 aliphatic rings. The van der Waals surface area contributed by atoms with Crippen LogP contribution in [-0.2, 0) is 9.59 Å². The van der Waals surface area contributed by atoms with Gasteiger partial charge in [-0.1, -0.05) is 40.9 Å². The number of anilines is 2. The van der Waals surface area contributed by atoms with Gasteiger partial charge in [0.1, 0.15) is 5.37 Å². The fourth-order valence-electron chi connectivity index (χ4n) is 3.69. The van der Waals surface area contributed by atoms with Crippen LogP contribution >= 0.6 is 46.6 Å². The van der Waals surface area contributed by atoms with E-state index in [9.17, 15) is 9.59 Å². The number of carbonyl (C=O) groups is 2. The molecule has 1 aliphatic heterocycles. The normalized spacial score (nSPS) is 15.2. The lowest BCUT2D eigenvalue weighted by Gasteiger charge is -2.25. The van der Waals surface area contributed by atoms with Crippen molar-refractivity contribution in [2.45, 2.75) is 19.2 Å². The van der Waals surface area contributed by atoms with Gasteiger partial charge >= 0.3 is 0 Å². The third-order valence-corrected chi connectivity index (χ3v) is 7.54. The summed E-state index contributed by atoms with van der Waals surface area (Å²) >= 11 is 20.2. The van der Waals surface area contributed by atoms with E-state index in [1.54, 1.807) is 41.3 Å². The molecule has 0 bridgehead atoms. The quantitative estimate of drug-likeness (QED) is 0.314. The van der Waals surface area contributed by atoms with E-state index in [-0.39, 0.29) is 34.6 Å². The summed E-state index contributed by atoms with van der Waals surface area (Å²) in [7, 11) is 0. The molecule has 3 aromatic carbocycles. The van der Waals surface area contributed by atoms with E-state index in [2.05, 4.69) is 5.32 Å². The molecule has 36 heavy (non-hydrogen) atoms. The fraction of sp³-hybridized carbons (Fsp3) is 0.231. The minimum absolute atomic E-state index is 0.0189. The van der Waals surface area contributed by atoms with Gasteiger partial charge in [-0.15, -0.1) is 11.8 Å². The molecule has 1 heterocycles. The van der Waals surface area contributed by atoms with Gasteiger partial charge in [0.2, 0.25) is 5.91 Å². The van der Waals surface area contributed by atoms with Crippen LogP contribution in [0.15, 0.2) is 54.6 Å². The lowest BCUT2D eigenvalue weighted by Crippen LogP contribution is -2.27. The van der Waals surface area contributed by atoms with E-state index in [0.29, 0.717) is 33.8 Å². The number of halogens is 3. The molecule has 1 N–H and O–H groups in total. The summed E-state index contributed by atoms with van der Waals surface area (Å²) in [4.78, 5) is 26.9. The van der Waals surface area contributed by atoms with Crippen LogP contribution in [-0.4, -0.2) is 30.8 Å². The second-order valence-electron chi connectivity index (χ2n) is 7.97. The molecule has 1 atom stereocenters. The van der Waals surface area contributed by atoms with Gasteiger partial charge in [0.25, 0.3) is 5.91 Å². The maximum Gasteiger partial charge on any atom is 0.262 e. The summed E-state index contributed by atoms with van der Waals surface area (Å²) in [6.45, 7) is 3.80. The van der Waals surface area contributed by atoms with Gasteiger partial charge in [0, 0.05) is 21.4 Å². The number of aryl methyl sites for hydroxylation is 1. The molecule has 188 valence electrons. The first-order valence-corrected chi connectivity index (χ1v) is 13.3. The van der Waals surface area contributed by atoms with Crippen molar-refractivity contribution in [1.82, 2.24) is 0 Å². The average Bonchev–Trinajstić information content (AvgIpc) is 3.23. The lowest BCUT2D eigenvalue weighted by molar-refractivity contribution is -0.118. The largest absolute Gasteiger partial charge is 0.490 e. The third kappa shape index (κ3) is 6.03. The van der Waals surface area contributed by atoms with Crippen LogP contribution in [0.1, 0.15) is 23.4 Å². The van der Waals surface area contributed by atoms with E-state index in [4.69, 9.17) is 44.3 Å². The summed E-state index contributed by atoms with van der Waals surface area (Å²) < 4.78 is 11.6. The van der Waals surface area contributed by atoms with Gasteiger partial charge in [-0.2, -0.15) is 0 Å². The molecule has 6 nitrogen and oxygen atoms in total. The van der Waals surface area contributed by atoms with Crippen LogP contribution in [0.2, 0.25) is 15.1 Å². The molecule has 3 aromatic rings. The molecular weight excluding hydrogens is 543 g/mol. The SMILES string of the molecule is CCOc1cc([C@H]2SCC(=O)N2c2ccc(Cl)cc2)cc(Cl)c1OCC(=O)Nc1ccc(C)c(Cl)c1. The highest BCUT2D eigenvalue weighted by atomic mass is 35.5. The van der Waals surface area contributed by atoms with E-state index in [1.165, 1.54) is 11.8 Å². The molecule has 2 amide bonds. The van der Waals surface area contributed by atoms with Crippen LogP contribution in [0.25, 0.3) is 0 Å². The highest BCUT2D eigenvalue weighted by molar-refractivity contribution is 8.00.